The van der Waals surface area contributed by atoms with Crippen molar-refractivity contribution in [2.45, 2.75) is 64.0 Å². The number of nitrogens with one attached hydrogen (secondary N) is 1. The van der Waals surface area contributed by atoms with E-state index in [2.05, 4.69) is 26.1 Å². The van der Waals surface area contributed by atoms with Gasteiger partial charge in [0.2, 0.25) is 5.91 Å². The lowest BCUT2D eigenvalue weighted by Gasteiger charge is -2.54. The molecule has 1 aromatic rings. The third kappa shape index (κ3) is 4.24. The lowest BCUT2D eigenvalue weighted by atomic mass is 9.56. The number of benzene rings is 1. The van der Waals surface area contributed by atoms with Gasteiger partial charge in [-0.05, 0) is 37.1 Å². The van der Waals surface area contributed by atoms with Gasteiger partial charge in [-0.25, -0.2) is 0 Å². The minimum Gasteiger partial charge on any atom is -0.508 e. The molecule has 38 heavy (non-hydrogen) atoms. The monoisotopic (exact) mass is 529 g/mol. The fourth-order valence-corrected chi connectivity index (χ4v) is 6.45. The van der Waals surface area contributed by atoms with Crippen molar-refractivity contribution < 1.29 is 35.1 Å². The molecule has 10 nitrogen and oxygen atoms in total. The smallest absolute Gasteiger partial charge is 0.247 e. The lowest BCUT2D eigenvalue weighted by molar-refractivity contribution is -0.134. The molecule has 0 saturated carbocycles. The number of hydrogen-bond acceptors (Lipinski definition) is 9. The van der Waals surface area contributed by atoms with Crippen LogP contribution in [-0.4, -0.2) is 86.6 Å². The van der Waals surface area contributed by atoms with E-state index in [1.165, 1.54) is 0 Å². The molecular weight excluding hydrogens is 490 g/mol. The highest BCUT2D eigenvalue weighted by Gasteiger charge is 2.63. The number of carbonyl (C=O) groups is 2. The minimum atomic E-state index is -2.35. The average Bonchev–Trinajstić information content (AvgIpc) is 2.80. The fourth-order valence-electron chi connectivity index (χ4n) is 6.45. The normalized spacial score (nSPS) is 33.0. The van der Waals surface area contributed by atoms with Gasteiger partial charge < -0.3 is 41.5 Å². The molecule has 8 N–H and O–H groups in total. The summed E-state index contributed by atoms with van der Waals surface area (Å²) in [5.74, 6) is -5.27. The van der Waals surface area contributed by atoms with Gasteiger partial charge in [0.05, 0.1) is 11.7 Å². The van der Waals surface area contributed by atoms with Gasteiger partial charge in [0.1, 0.15) is 23.2 Å². The van der Waals surface area contributed by atoms with Crippen molar-refractivity contribution in [3.63, 3.8) is 0 Å². The Morgan fingerprint density at radius 1 is 1.18 bits per heavy atom. The van der Waals surface area contributed by atoms with Crippen LogP contribution < -0.4 is 11.1 Å². The van der Waals surface area contributed by atoms with E-state index in [4.69, 9.17) is 5.73 Å². The first-order valence-corrected chi connectivity index (χ1v) is 12.8. The number of ketones is 1. The number of phenols is 1. The average molecular weight is 530 g/mol. The molecule has 0 aliphatic heterocycles. The van der Waals surface area contributed by atoms with Crippen molar-refractivity contribution in [2.24, 2.45) is 23.0 Å². The van der Waals surface area contributed by atoms with Crippen molar-refractivity contribution in [2.75, 3.05) is 20.6 Å². The maximum absolute atomic E-state index is 13.9. The number of Topliss-reactive ketones (excluding diaryl/α,β-unsaturated/α-hetero) is 1. The standard InChI is InChI=1S/C28H39N3O7/c1-12-14-8-7-13(10-30-11-27(2,3)4)21(32)17(14)23(34)18-16(12)24(35)19-20(31(5)6)22(33)15(26(29)37)9-28(19,38)25(18)36/h7-9,12,16,19-20,22,24,30,32-33,35-36,38H,10-11H2,1-6H3,(H2,29,37)/t12-,16+,19+,20?,22?,24-,28-/m0/s1. The van der Waals surface area contributed by atoms with Crippen LogP contribution in [0.15, 0.2) is 35.1 Å². The molecule has 10 heteroatoms. The molecule has 3 aliphatic carbocycles. The highest BCUT2D eigenvalue weighted by molar-refractivity contribution is 6.14. The molecule has 0 aromatic heterocycles. The van der Waals surface area contributed by atoms with Gasteiger partial charge in [0, 0.05) is 47.7 Å². The predicted molar refractivity (Wildman–Crippen MR) is 140 cm³/mol. The van der Waals surface area contributed by atoms with Crippen LogP contribution in [0.2, 0.25) is 0 Å². The number of phenolic OH excluding ortho intramolecular Hbond substituents is 1. The van der Waals surface area contributed by atoms with E-state index < -0.39 is 59.1 Å². The van der Waals surface area contributed by atoms with Crippen molar-refractivity contribution >= 4 is 11.7 Å². The Labute approximate surface area is 222 Å². The summed E-state index contributed by atoms with van der Waals surface area (Å²) in [6.07, 6.45) is -1.88. The largest absolute Gasteiger partial charge is 0.508 e. The van der Waals surface area contributed by atoms with E-state index in [0.29, 0.717) is 24.2 Å². The zero-order valence-electron chi connectivity index (χ0n) is 22.7. The Morgan fingerprint density at radius 3 is 2.37 bits per heavy atom. The fraction of sp³-hybridized carbons (Fsp3) is 0.571. The van der Waals surface area contributed by atoms with Crippen LogP contribution in [0.25, 0.3) is 0 Å². The number of aliphatic hydroxyl groups excluding tert-OH is 3. The van der Waals surface area contributed by atoms with Crippen molar-refractivity contribution in [1.82, 2.24) is 10.2 Å². The molecule has 7 atom stereocenters. The maximum atomic E-state index is 13.9. The van der Waals surface area contributed by atoms with Crippen LogP contribution in [0.1, 0.15) is 55.1 Å². The van der Waals surface area contributed by atoms with Gasteiger partial charge in [-0.3, -0.25) is 9.59 Å². The Morgan fingerprint density at radius 2 is 1.82 bits per heavy atom. The Balaban J connectivity index is 1.88. The number of nitrogens with two attached hydrogens (primary N) is 1. The molecule has 1 aromatic carbocycles. The predicted octanol–water partition coefficient (Wildman–Crippen LogP) is 0.694. The number of primary amides is 1. The summed E-state index contributed by atoms with van der Waals surface area (Å²) in [6.45, 7) is 8.99. The highest BCUT2D eigenvalue weighted by Crippen LogP contribution is 2.55. The molecular formula is C28H39N3O7. The second-order valence-corrected chi connectivity index (χ2v) is 12.3. The van der Waals surface area contributed by atoms with E-state index in [0.717, 1.165) is 6.08 Å². The number of aliphatic hydroxyl groups is 4. The van der Waals surface area contributed by atoms with Gasteiger partial charge in [-0.2, -0.15) is 0 Å². The maximum Gasteiger partial charge on any atom is 0.247 e. The lowest BCUT2D eigenvalue weighted by Crippen LogP contribution is -2.67. The van der Waals surface area contributed by atoms with Crippen LogP contribution in [0.5, 0.6) is 5.75 Å². The van der Waals surface area contributed by atoms with Crippen LogP contribution in [0.3, 0.4) is 0 Å². The van der Waals surface area contributed by atoms with E-state index >= 15 is 0 Å². The molecule has 4 rings (SSSR count). The highest BCUT2D eigenvalue weighted by atomic mass is 16.3. The van der Waals surface area contributed by atoms with E-state index in [9.17, 15) is 35.1 Å². The summed E-state index contributed by atoms with van der Waals surface area (Å²) < 4.78 is 0. The molecule has 208 valence electrons. The third-order valence-electron chi connectivity index (χ3n) is 8.24. The zero-order chi connectivity index (χ0) is 28.5. The number of fused-ring (bicyclic) bond motifs is 3. The summed E-state index contributed by atoms with van der Waals surface area (Å²) in [5.41, 5.74) is 3.61. The molecule has 0 saturated heterocycles. The van der Waals surface area contributed by atoms with Crippen molar-refractivity contribution in [1.29, 1.82) is 0 Å². The summed E-state index contributed by atoms with van der Waals surface area (Å²) in [7, 11) is 3.22. The number of amides is 1. The number of hydrogen-bond donors (Lipinski definition) is 7. The second kappa shape index (κ2) is 9.46. The summed E-state index contributed by atoms with van der Waals surface area (Å²) in [6, 6.07) is 2.49. The molecule has 0 heterocycles. The number of rotatable bonds is 5. The first-order valence-electron chi connectivity index (χ1n) is 12.8. The van der Waals surface area contributed by atoms with Gasteiger partial charge in [0.15, 0.2) is 5.78 Å². The zero-order valence-corrected chi connectivity index (χ0v) is 22.7. The van der Waals surface area contributed by atoms with Gasteiger partial charge >= 0.3 is 0 Å². The van der Waals surface area contributed by atoms with E-state index in [1.807, 2.05) is 0 Å². The van der Waals surface area contributed by atoms with E-state index in [1.54, 1.807) is 38.1 Å². The quantitative estimate of drug-likeness (QED) is 0.289. The van der Waals surface area contributed by atoms with Crippen molar-refractivity contribution in [3.8, 4) is 5.75 Å². The Bertz CT molecular complexity index is 1230. The van der Waals surface area contributed by atoms with Gasteiger partial charge in [-0.15, -0.1) is 0 Å². The first-order chi connectivity index (χ1) is 17.5. The first kappa shape index (κ1) is 28.3. The van der Waals surface area contributed by atoms with Gasteiger partial charge in [0.25, 0.3) is 0 Å². The summed E-state index contributed by atoms with van der Waals surface area (Å²) in [5, 5.41) is 60.3. The number of aromatic hydroxyl groups is 1. The topological polar surface area (TPSA) is 177 Å². The van der Waals surface area contributed by atoms with Crippen LogP contribution in [0.4, 0.5) is 0 Å². The van der Waals surface area contributed by atoms with Crippen LogP contribution >= 0.6 is 0 Å². The third-order valence-corrected chi connectivity index (χ3v) is 8.24. The van der Waals surface area contributed by atoms with E-state index in [-0.39, 0.29) is 27.9 Å². The van der Waals surface area contributed by atoms with Crippen LogP contribution in [0, 0.1) is 17.3 Å². The number of likely N-dealkylation sites (N-methyl/N-ethyl adjacent to an activating group) is 1. The summed E-state index contributed by atoms with van der Waals surface area (Å²) in [4.78, 5) is 27.6. The number of carbonyl (C=O) groups excluding carboxylic acids is 2. The number of nitrogens with zero attached hydrogens (tertiary/aromatic N) is 1. The summed E-state index contributed by atoms with van der Waals surface area (Å²) >= 11 is 0. The molecule has 0 bridgehead atoms. The second-order valence-electron chi connectivity index (χ2n) is 12.3. The molecule has 0 fully saturated rings. The SMILES string of the molecule is C[C@H]1c2ccc(CNCC(C)(C)C)c(O)c2C(=O)C2=C(O)[C@]3(O)C=C(C(N)=O)C(O)C(N(C)C)[C@@H]3[C@@H](O)[C@@H]21. The Hall–Kier alpha value is -2.76. The molecule has 0 spiro atoms. The minimum absolute atomic E-state index is 0.0114. The molecule has 2 unspecified atom stereocenters. The molecule has 0 radical (unpaired) electrons. The molecule has 3 aliphatic rings. The van der Waals surface area contributed by atoms with Crippen molar-refractivity contribution in [3.05, 3.63) is 51.8 Å². The Kier molecular flexibility index (Phi) is 7.03. The van der Waals surface area contributed by atoms with Gasteiger partial charge in [-0.1, -0.05) is 39.8 Å². The molecule has 1 amide bonds. The van der Waals surface area contributed by atoms with Crippen LogP contribution in [-0.2, 0) is 11.3 Å².